The number of carbonyl (C=O) groups excluding carboxylic acids is 2. The minimum absolute atomic E-state index is 0.0402. The minimum Gasteiger partial charge on any atom is -0.497 e. The van der Waals surface area contributed by atoms with Crippen molar-refractivity contribution in [2.75, 3.05) is 27.3 Å². The van der Waals surface area contributed by atoms with E-state index in [0.717, 1.165) is 51.5 Å². The van der Waals surface area contributed by atoms with Gasteiger partial charge in [0.2, 0.25) is 5.91 Å². The van der Waals surface area contributed by atoms with Crippen LogP contribution in [0.4, 0.5) is 0 Å². The molecule has 0 aromatic heterocycles. The molecule has 0 radical (unpaired) electrons. The molecular weight excluding hydrogens is 344 g/mol. The van der Waals surface area contributed by atoms with E-state index in [1.54, 1.807) is 32.4 Å². The maximum Gasteiger partial charge on any atom is 0.254 e. The van der Waals surface area contributed by atoms with E-state index in [-0.39, 0.29) is 23.8 Å². The number of nitrogens with zero attached hydrogens (tertiary/aromatic N) is 1. The van der Waals surface area contributed by atoms with Gasteiger partial charge in [-0.05, 0) is 44.2 Å². The lowest BCUT2D eigenvalue weighted by molar-refractivity contribution is -0.128. The van der Waals surface area contributed by atoms with E-state index in [4.69, 9.17) is 9.47 Å². The number of carbonyl (C=O) groups is 2. The highest BCUT2D eigenvalue weighted by Crippen LogP contribution is 2.32. The number of methoxy groups -OCH3 is 2. The molecule has 1 N–H and O–H groups in total. The highest BCUT2D eigenvalue weighted by molar-refractivity contribution is 5.96. The molecule has 27 heavy (non-hydrogen) atoms. The third-order valence-corrected chi connectivity index (χ3v) is 5.70. The van der Waals surface area contributed by atoms with Gasteiger partial charge in [-0.2, -0.15) is 0 Å². The summed E-state index contributed by atoms with van der Waals surface area (Å²) < 4.78 is 10.6. The molecule has 1 aromatic carbocycles. The molecule has 148 valence electrons. The van der Waals surface area contributed by atoms with Crippen molar-refractivity contribution < 1.29 is 19.1 Å². The average Bonchev–Trinajstić information content (AvgIpc) is 2.72. The zero-order chi connectivity index (χ0) is 19.2. The molecule has 2 aliphatic rings. The summed E-state index contributed by atoms with van der Waals surface area (Å²) in [6, 6.07) is 5.22. The van der Waals surface area contributed by atoms with Gasteiger partial charge in [0.25, 0.3) is 5.91 Å². The summed E-state index contributed by atoms with van der Waals surface area (Å²) in [7, 11) is 3.16. The van der Waals surface area contributed by atoms with Crippen LogP contribution in [0.1, 0.15) is 55.3 Å². The lowest BCUT2D eigenvalue weighted by Crippen LogP contribution is -2.51. The highest BCUT2D eigenvalue weighted by atomic mass is 16.5. The molecule has 2 unspecified atom stereocenters. The summed E-state index contributed by atoms with van der Waals surface area (Å²) in [5.41, 5.74) is 0.549. The number of hydrogen-bond acceptors (Lipinski definition) is 4. The molecule has 1 heterocycles. The van der Waals surface area contributed by atoms with Gasteiger partial charge < -0.3 is 19.7 Å². The van der Waals surface area contributed by atoms with Gasteiger partial charge in [0.05, 0.1) is 20.1 Å². The largest absolute Gasteiger partial charge is 0.497 e. The smallest absolute Gasteiger partial charge is 0.254 e. The Labute approximate surface area is 161 Å². The second kappa shape index (κ2) is 9.11. The average molecular weight is 374 g/mol. The van der Waals surface area contributed by atoms with Gasteiger partial charge in [0, 0.05) is 30.8 Å². The highest BCUT2D eigenvalue weighted by Gasteiger charge is 2.37. The monoisotopic (exact) mass is 374 g/mol. The third-order valence-electron chi connectivity index (χ3n) is 5.70. The van der Waals surface area contributed by atoms with Crippen LogP contribution in [0.25, 0.3) is 0 Å². The summed E-state index contributed by atoms with van der Waals surface area (Å²) in [5.74, 6) is 1.13. The van der Waals surface area contributed by atoms with Crippen molar-refractivity contribution in [3.8, 4) is 11.5 Å². The van der Waals surface area contributed by atoms with Gasteiger partial charge in [-0.3, -0.25) is 9.59 Å². The number of ether oxygens (including phenoxy) is 2. The van der Waals surface area contributed by atoms with Crippen LogP contribution in [0.5, 0.6) is 11.5 Å². The number of fused-ring (bicyclic) bond motifs is 1. The second-order valence-corrected chi connectivity index (χ2v) is 7.41. The SMILES string of the molecule is COc1cc(OC)cc(C(=O)N2CCCCCNC(=O)C3CCCCC32)c1. The fraction of sp³-hybridized carbons (Fsp3) is 0.619. The van der Waals surface area contributed by atoms with E-state index in [2.05, 4.69) is 5.32 Å². The Kier molecular flexibility index (Phi) is 6.58. The van der Waals surface area contributed by atoms with Crippen LogP contribution in [-0.2, 0) is 4.79 Å². The van der Waals surface area contributed by atoms with E-state index < -0.39 is 0 Å². The van der Waals surface area contributed by atoms with Crippen LogP contribution in [0.15, 0.2) is 18.2 Å². The van der Waals surface area contributed by atoms with Gasteiger partial charge in [0.15, 0.2) is 0 Å². The summed E-state index contributed by atoms with van der Waals surface area (Å²) in [6.07, 6.45) is 6.74. The Morgan fingerprint density at radius 2 is 1.70 bits per heavy atom. The lowest BCUT2D eigenvalue weighted by atomic mass is 9.82. The fourth-order valence-electron chi connectivity index (χ4n) is 4.23. The van der Waals surface area contributed by atoms with E-state index in [1.165, 1.54) is 0 Å². The Bertz CT molecular complexity index is 654. The van der Waals surface area contributed by atoms with Crippen molar-refractivity contribution in [3.05, 3.63) is 23.8 Å². The summed E-state index contributed by atoms with van der Waals surface area (Å²) in [4.78, 5) is 28.1. The molecule has 1 aromatic rings. The predicted molar refractivity (Wildman–Crippen MR) is 103 cm³/mol. The van der Waals surface area contributed by atoms with Crippen LogP contribution >= 0.6 is 0 Å². The Morgan fingerprint density at radius 3 is 2.41 bits per heavy atom. The first kappa shape index (κ1) is 19.5. The van der Waals surface area contributed by atoms with Gasteiger partial charge in [0.1, 0.15) is 11.5 Å². The zero-order valence-corrected chi connectivity index (χ0v) is 16.3. The molecule has 0 spiro atoms. The van der Waals surface area contributed by atoms with Crippen molar-refractivity contribution in [1.29, 1.82) is 0 Å². The molecule has 1 aliphatic carbocycles. The van der Waals surface area contributed by atoms with Gasteiger partial charge in [-0.1, -0.05) is 12.8 Å². The Balaban J connectivity index is 1.92. The summed E-state index contributed by atoms with van der Waals surface area (Å²) >= 11 is 0. The molecule has 1 aliphatic heterocycles. The first-order valence-corrected chi connectivity index (χ1v) is 9.96. The van der Waals surface area contributed by atoms with Crippen LogP contribution in [0, 0.1) is 5.92 Å². The fourth-order valence-corrected chi connectivity index (χ4v) is 4.23. The maximum absolute atomic E-state index is 13.4. The molecule has 6 nitrogen and oxygen atoms in total. The normalized spacial score (nSPS) is 23.8. The third kappa shape index (κ3) is 4.54. The Hall–Kier alpha value is -2.24. The zero-order valence-electron chi connectivity index (χ0n) is 16.3. The van der Waals surface area contributed by atoms with Gasteiger partial charge in [-0.25, -0.2) is 0 Å². The van der Waals surface area contributed by atoms with E-state index in [1.807, 2.05) is 4.90 Å². The number of nitrogens with one attached hydrogen (secondary N) is 1. The molecule has 3 rings (SSSR count). The molecule has 1 saturated heterocycles. The first-order chi connectivity index (χ1) is 13.1. The molecule has 1 saturated carbocycles. The summed E-state index contributed by atoms with van der Waals surface area (Å²) in [5, 5.41) is 3.07. The van der Waals surface area contributed by atoms with Gasteiger partial charge >= 0.3 is 0 Å². The molecule has 0 bridgehead atoms. The van der Waals surface area contributed by atoms with Crippen LogP contribution in [0.3, 0.4) is 0 Å². The van der Waals surface area contributed by atoms with Crippen molar-refractivity contribution in [1.82, 2.24) is 10.2 Å². The van der Waals surface area contributed by atoms with Crippen LogP contribution in [-0.4, -0.2) is 50.1 Å². The Morgan fingerprint density at radius 1 is 1.00 bits per heavy atom. The number of amides is 2. The lowest BCUT2D eigenvalue weighted by Gasteiger charge is -2.40. The standard InChI is InChI=1S/C21H30N2O4/c1-26-16-12-15(13-17(14-16)27-2)21(25)23-11-7-3-6-10-22-20(24)18-8-4-5-9-19(18)23/h12-14,18-19H,3-11H2,1-2H3,(H,22,24). The van der Waals surface area contributed by atoms with Crippen molar-refractivity contribution >= 4 is 11.8 Å². The first-order valence-electron chi connectivity index (χ1n) is 9.96. The van der Waals surface area contributed by atoms with Crippen LogP contribution in [0.2, 0.25) is 0 Å². The second-order valence-electron chi connectivity index (χ2n) is 7.41. The van der Waals surface area contributed by atoms with Crippen molar-refractivity contribution in [3.63, 3.8) is 0 Å². The van der Waals surface area contributed by atoms with Crippen molar-refractivity contribution in [2.24, 2.45) is 5.92 Å². The molecule has 6 heteroatoms. The topological polar surface area (TPSA) is 67.9 Å². The van der Waals surface area contributed by atoms with Crippen molar-refractivity contribution in [2.45, 2.75) is 51.0 Å². The van der Waals surface area contributed by atoms with E-state index in [9.17, 15) is 9.59 Å². The molecule has 2 fully saturated rings. The minimum atomic E-state index is -0.117. The molecular formula is C21H30N2O4. The van der Waals surface area contributed by atoms with Gasteiger partial charge in [-0.15, -0.1) is 0 Å². The van der Waals surface area contributed by atoms with E-state index in [0.29, 0.717) is 23.6 Å². The number of rotatable bonds is 3. The quantitative estimate of drug-likeness (QED) is 0.883. The predicted octanol–water partition coefficient (Wildman–Crippen LogP) is 3.00. The number of hydrogen-bond donors (Lipinski definition) is 1. The number of benzene rings is 1. The maximum atomic E-state index is 13.4. The summed E-state index contributed by atoms with van der Waals surface area (Å²) in [6.45, 7) is 1.43. The van der Waals surface area contributed by atoms with Crippen LogP contribution < -0.4 is 14.8 Å². The van der Waals surface area contributed by atoms with E-state index >= 15 is 0 Å². The molecule has 2 amide bonds. The molecule has 2 atom stereocenters.